The van der Waals surface area contributed by atoms with Gasteiger partial charge in [0.1, 0.15) is 19.0 Å². The summed E-state index contributed by atoms with van der Waals surface area (Å²) >= 11 is 6.48. The van der Waals surface area contributed by atoms with Crippen molar-refractivity contribution in [3.05, 3.63) is 93.4 Å². The Morgan fingerprint density at radius 2 is 1.83 bits per heavy atom. The Kier molecular flexibility index (Phi) is 12.3. The highest BCUT2D eigenvalue weighted by Crippen LogP contribution is 2.37. The minimum absolute atomic E-state index is 0.0896. The molecular weight excluding hydrogens is 635 g/mol. The standard InChI is InChI=1S/C33H36ClFN4O8/c1-5-44-26-15-22(30-29(32(41)43-4)19(3)37-33(42)38-30)10-11-25(26)46-18-28(40)39-36-16-21-13-24(34)31(27(14-21)45-6-2)47-17-20-8-7-9-23(35)12-20/h7-16,28,30,39-40H,5-6,17-18H2,1-4H3,(H2,37,38,42)/b36-16-/t28-,30-/m1/s1. The molecule has 1 aliphatic rings. The number of methoxy groups -OCH3 is 1. The fraction of sp³-hybridized carbons (Fsp3) is 0.303. The Hall–Kier alpha value is -5.01. The number of hydrazone groups is 1. The Balaban J connectivity index is 1.40. The summed E-state index contributed by atoms with van der Waals surface area (Å²) in [4.78, 5) is 24.6. The maximum Gasteiger partial charge on any atom is 0.337 e. The van der Waals surface area contributed by atoms with Gasteiger partial charge in [-0.2, -0.15) is 5.10 Å². The van der Waals surface area contributed by atoms with Gasteiger partial charge in [-0.3, -0.25) is 5.43 Å². The van der Waals surface area contributed by atoms with Gasteiger partial charge in [-0.25, -0.2) is 14.0 Å². The smallest absolute Gasteiger partial charge is 0.337 e. The molecule has 0 radical (unpaired) electrons. The molecule has 0 bridgehead atoms. The van der Waals surface area contributed by atoms with Crippen molar-refractivity contribution in [2.75, 3.05) is 26.9 Å². The zero-order valence-corrected chi connectivity index (χ0v) is 27.0. The molecule has 12 nitrogen and oxygen atoms in total. The number of aliphatic hydroxyl groups is 1. The number of halogens is 2. The number of nitrogens with one attached hydrogen (secondary N) is 3. The molecule has 3 aromatic rings. The van der Waals surface area contributed by atoms with E-state index >= 15 is 0 Å². The van der Waals surface area contributed by atoms with Gasteiger partial charge in [0, 0.05) is 5.70 Å². The molecule has 0 aromatic heterocycles. The Morgan fingerprint density at radius 3 is 2.55 bits per heavy atom. The third-order valence-electron chi connectivity index (χ3n) is 6.71. The first-order valence-electron chi connectivity index (χ1n) is 14.7. The minimum Gasteiger partial charge on any atom is -0.490 e. The van der Waals surface area contributed by atoms with Gasteiger partial charge in [-0.1, -0.05) is 29.8 Å². The normalized spacial score (nSPS) is 15.0. The molecule has 1 aliphatic heterocycles. The molecule has 2 amide bonds. The lowest BCUT2D eigenvalue weighted by Gasteiger charge is -2.28. The van der Waals surface area contributed by atoms with E-state index in [9.17, 15) is 19.1 Å². The van der Waals surface area contributed by atoms with Crippen LogP contribution in [0.4, 0.5) is 9.18 Å². The summed E-state index contributed by atoms with van der Waals surface area (Å²) in [5, 5.41) is 20.1. The molecule has 0 saturated carbocycles. The van der Waals surface area contributed by atoms with Crippen molar-refractivity contribution in [1.82, 2.24) is 16.1 Å². The van der Waals surface area contributed by atoms with Crippen molar-refractivity contribution < 1.29 is 42.8 Å². The topological polar surface area (TPSA) is 149 Å². The summed E-state index contributed by atoms with van der Waals surface area (Å²) in [5.74, 6) is 0.393. The van der Waals surface area contributed by atoms with Crippen LogP contribution in [0.5, 0.6) is 23.0 Å². The van der Waals surface area contributed by atoms with Crippen LogP contribution in [0.2, 0.25) is 5.02 Å². The summed E-state index contributed by atoms with van der Waals surface area (Å²) in [6, 6.07) is 13.0. The first-order valence-corrected chi connectivity index (χ1v) is 15.1. The van der Waals surface area contributed by atoms with Crippen molar-refractivity contribution in [3.8, 4) is 23.0 Å². The summed E-state index contributed by atoms with van der Waals surface area (Å²) < 4.78 is 41.5. The number of nitrogens with zero attached hydrogens (tertiary/aromatic N) is 1. The van der Waals surface area contributed by atoms with Gasteiger partial charge in [0.2, 0.25) is 0 Å². The molecule has 1 heterocycles. The number of carbonyl (C=O) groups is 2. The van der Waals surface area contributed by atoms with E-state index in [1.54, 1.807) is 56.3 Å². The average molecular weight is 671 g/mol. The number of urea groups is 1. The summed E-state index contributed by atoms with van der Waals surface area (Å²) in [7, 11) is 1.26. The van der Waals surface area contributed by atoms with Crippen LogP contribution in [0.1, 0.15) is 43.5 Å². The Morgan fingerprint density at radius 1 is 1.06 bits per heavy atom. The van der Waals surface area contributed by atoms with Crippen LogP contribution in [0.15, 0.2) is 71.0 Å². The predicted octanol–water partition coefficient (Wildman–Crippen LogP) is 4.98. The average Bonchev–Trinajstić information content (AvgIpc) is 3.03. The number of aliphatic hydroxyl groups excluding tert-OH is 1. The van der Waals surface area contributed by atoms with Gasteiger partial charge in [-0.05, 0) is 73.9 Å². The van der Waals surface area contributed by atoms with Crippen molar-refractivity contribution in [2.24, 2.45) is 5.10 Å². The van der Waals surface area contributed by atoms with Gasteiger partial charge in [0.05, 0.1) is 43.2 Å². The largest absolute Gasteiger partial charge is 0.490 e. The van der Waals surface area contributed by atoms with Crippen LogP contribution >= 0.6 is 11.6 Å². The summed E-state index contributed by atoms with van der Waals surface area (Å²) in [6.45, 7) is 5.77. The minimum atomic E-state index is -1.21. The molecular formula is C33H36ClFN4O8. The number of benzene rings is 3. The number of hydrogen-bond donors (Lipinski definition) is 4. The van der Waals surface area contributed by atoms with Crippen LogP contribution in [-0.2, 0) is 16.1 Å². The van der Waals surface area contributed by atoms with E-state index in [1.165, 1.54) is 25.5 Å². The number of hydrogen-bond acceptors (Lipinski definition) is 10. The molecule has 14 heteroatoms. The number of carbonyl (C=O) groups excluding carboxylic acids is 2. The van der Waals surface area contributed by atoms with E-state index in [0.717, 1.165) is 0 Å². The number of esters is 1. The molecule has 0 saturated heterocycles. The molecule has 2 atom stereocenters. The van der Waals surface area contributed by atoms with E-state index in [4.69, 9.17) is 35.3 Å². The second-order valence-corrected chi connectivity index (χ2v) is 10.5. The number of rotatable bonds is 15. The first-order chi connectivity index (χ1) is 22.6. The summed E-state index contributed by atoms with van der Waals surface area (Å²) in [5.41, 5.74) is 4.97. The highest BCUT2D eigenvalue weighted by Gasteiger charge is 2.32. The van der Waals surface area contributed by atoms with E-state index < -0.39 is 24.3 Å². The van der Waals surface area contributed by atoms with Crippen LogP contribution in [0.25, 0.3) is 0 Å². The van der Waals surface area contributed by atoms with Gasteiger partial charge in [0.15, 0.2) is 29.2 Å². The molecule has 4 rings (SSSR count). The van der Waals surface area contributed by atoms with E-state index in [2.05, 4.69) is 21.2 Å². The number of allylic oxidation sites excluding steroid dienone is 1. The molecule has 47 heavy (non-hydrogen) atoms. The third-order valence-corrected chi connectivity index (χ3v) is 6.99. The summed E-state index contributed by atoms with van der Waals surface area (Å²) in [6.07, 6.45) is 0.229. The maximum atomic E-state index is 13.5. The van der Waals surface area contributed by atoms with Crippen LogP contribution in [0.3, 0.4) is 0 Å². The van der Waals surface area contributed by atoms with Gasteiger partial charge >= 0.3 is 12.0 Å². The van der Waals surface area contributed by atoms with Gasteiger partial charge < -0.3 is 39.4 Å². The third kappa shape index (κ3) is 9.27. The van der Waals surface area contributed by atoms with E-state index in [-0.39, 0.29) is 29.6 Å². The molecule has 0 fully saturated rings. The number of amides is 2. The van der Waals surface area contributed by atoms with E-state index in [1.807, 2.05) is 6.92 Å². The Bertz CT molecular complexity index is 1650. The highest BCUT2D eigenvalue weighted by atomic mass is 35.5. The van der Waals surface area contributed by atoms with Crippen LogP contribution < -0.4 is 35.0 Å². The van der Waals surface area contributed by atoms with Gasteiger partial charge in [0.25, 0.3) is 0 Å². The van der Waals surface area contributed by atoms with Crippen molar-refractivity contribution in [3.63, 3.8) is 0 Å². The molecule has 0 aliphatic carbocycles. The predicted molar refractivity (Wildman–Crippen MR) is 172 cm³/mol. The maximum absolute atomic E-state index is 13.5. The molecule has 4 N–H and O–H groups in total. The fourth-order valence-corrected chi connectivity index (χ4v) is 4.94. The monoisotopic (exact) mass is 670 g/mol. The molecule has 0 spiro atoms. The lowest BCUT2D eigenvalue weighted by atomic mass is 9.95. The molecule has 0 unspecified atom stereocenters. The lowest BCUT2D eigenvalue weighted by molar-refractivity contribution is -0.136. The van der Waals surface area contributed by atoms with Crippen molar-refractivity contribution in [2.45, 2.75) is 39.6 Å². The quantitative estimate of drug-likeness (QED) is 0.0761. The first kappa shape index (κ1) is 34.9. The SMILES string of the molecule is CCOc1cc([C@H]2NC(=O)NC(C)=C2C(=O)OC)ccc1OC[C@@H](O)N/N=C\c1cc(Cl)c(OCc2cccc(F)c2)c(OCC)c1. The van der Waals surface area contributed by atoms with Crippen LogP contribution in [0, 0.1) is 5.82 Å². The molecule has 3 aromatic carbocycles. The van der Waals surface area contributed by atoms with E-state index in [0.29, 0.717) is 58.6 Å². The molecule has 250 valence electrons. The lowest BCUT2D eigenvalue weighted by Crippen LogP contribution is -2.45. The Labute approximate surface area is 276 Å². The van der Waals surface area contributed by atoms with Crippen molar-refractivity contribution >= 4 is 29.8 Å². The highest BCUT2D eigenvalue weighted by molar-refractivity contribution is 6.32. The second kappa shape index (κ2) is 16.5. The zero-order valence-electron chi connectivity index (χ0n) is 26.3. The van der Waals surface area contributed by atoms with Crippen LogP contribution in [-0.4, -0.2) is 56.5 Å². The second-order valence-electron chi connectivity index (χ2n) is 10.1. The number of ether oxygens (including phenoxy) is 5. The van der Waals surface area contributed by atoms with Crippen molar-refractivity contribution in [1.29, 1.82) is 0 Å². The zero-order chi connectivity index (χ0) is 33.9. The fourth-order valence-electron chi connectivity index (χ4n) is 4.67. The van der Waals surface area contributed by atoms with Gasteiger partial charge in [-0.15, -0.1) is 0 Å².